The summed E-state index contributed by atoms with van der Waals surface area (Å²) in [5.74, 6) is 1.09. The fraction of sp³-hybridized carbons (Fsp3) is 0.824. The highest BCUT2D eigenvalue weighted by molar-refractivity contribution is 8.00. The number of thioether (sulfide) groups is 1. The van der Waals surface area contributed by atoms with Gasteiger partial charge in [0, 0.05) is 30.3 Å². The maximum Gasteiger partial charge on any atom is 0.315 e. The second-order valence-corrected chi connectivity index (χ2v) is 8.06. The number of hydrogen-bond acceptors (Lipinski definition) is 4. The van der Waals surface area contributed by atoms with Crippen molar-refractivity contribution in [2.45, 2.75) is 81.5 Å². The predicted octanol–water partition coefficient (Wildman–Crippen LogP) is 2.11. The molecule has 7 heteroatoms. The van der Waals surface area contributed by atoms with Crippen molar-refractivity contribution in [2.24, 2.45) is 5.73 Å². The molecule has 3 atom stereocenters. The first-order valence-corrected chi connectivity index (χ1v) is 10.1. The van der Waals surface area contributed by atoms with Gasteiger partial charge >= 0.3 is 6.03 Å². The molecule has 2 rings (SSSR count). The summed E-state index contributed by atoms with van der Waals surface area (Å²) in [6.45, 7) is 0. The van der Waals surface area contributed by atoms with Crippen LogP contribution in [0.5, 0.6) is 0 Å². The van der Waals surface area contributed by atoms with Crippen molar-refractivity contribution in [3.8, 4) is 0 Å². The van der Waals surface area contributed by atoms with Crippen LogP contribution in [-0.4, -0.2) is 40.8 Å². The summed E-state index contributed by atoms with van der Waals surface area (Å²) in [5.41, 5.74) is 5.09. The van der Waals surface area contributed by atoms with Gasteiger partial charge in [-0.05, 0) is 25.7 Å². The molecule has 0 spiro atoms. The lowest BCUT2D eigenvalue weighted by atomic mass is 10.0. The predicted molar refractivity (Wildman–Crippen MR) is 95.9 cm³/mol. The fourth-order valence-corrected chi connectivity index (χ4v) is 4.95. The fourth-order valence-electron chi connectivity index (χ4n) is 3.41. The molecule has 2 fully saturated rings. The van der Waals surface area contributed by atoms with E-state index in [9.17, 15) is 14.4 Å². The molecule has 2 saturated heterocycles. The number of nitrogens with two attached hydrogens (primary N) is 1. The highest BCUT2D eigenvalue weighted by Crippen LogP contribution is 2.33. The van der Waals surface area contributed by atoms with Crippen LogP contribution < -0.4 is 16.4 Å². The second kappa shape index (κ2) is 9.91. The van der Waals surface area contributed by atoms with E-state index in [2.05, 4.69) is 10.6 Å². The molecule has 2 aliphatic heterocycles. The van der Waals surface area contributed by atoms with Gasteiger partial charge in [0.1, 0.15) is 5.78 Å². The van der Waals surface area contributed by atoms with Gasteiger partial charge in [-0.2, -0.15) is 11.8 Å². The van der Waals surface area contributed by atoms with Crippen molar-refractivity contribution in [3.05, 3.63) is 0 Å². The van der Waals surface area contributed by atoms with E-state index in [1.54, 1.807) is 0 Å². The summed E-state index contributed by atoms with van der Waals surface area (Å²) in [7, 11) is 0. The van der Waals surface area contributed by atoms with Crippen LogP contribution in [0.1, 0.15) is 64.2 Å². The smallest absolute Gasteiger partial charge is 0.315 e. The maximum atomic E-state index is 11.9. The lowest BCUT2D eigenvalue weighted by Crippen LogP contribution is -2.36. The number of hydrogen-bond donors (Lipinski definition) is 3. The number of amides is 3. The Morgan fingerprint density at radius 3 is 2.38 bits per heavy atom. The molecule has 0 saturated carbocycles. The van der Waals surface area contributed by atoms with Crippen LogP contribution in [0.15, 0.2) is 0 Å². The van der Waals surface area contributed by atoms with E-state index in [0.717, 1.165) is 50.7 Å². The SMILES string of the molecule is NC(=O)CCCCCCC(=O)CCCC[C@@H]1SC[C@H]2NC(=O)N[C@@H]12. The van der Waals surface area contributed by atoms with Crippen molar-refractivity contribution in [2.75, 3.05) is 5.75 Å². The van der Waals surface area contributed by atoms with Crippen LogP contribution in [0.3, 0.4) is 0 Å². The summed E-state index contributed by atoms with van der Waals surface area (Å²) >= 11 is 1.92. The first-order valence-electron chi connectivity index (χ1n) is 9.05. The lowest BCUT2D eigenvalue weighted by Gasteiger charge is -2.16. The van der Waals surface area contributed by atoms with Crippen LogP contribution in [0.4, 0.5) is 4.79 Å². The lowest BCUT2D eigenvalue weighted by molar-refractivity contribution is -0.119. The third-order valence-electron chi connectivity index (χ3n) is 4.76. The first kappa shape index (κ1) is 19.1. The van der Waals surface area contributed by atoms with Crippen molar-refractivity contribution >= 4 is 29.5 Å². The molecule has 0 bridgehead atoms. The molecule has 0 aromatic carbocycles. The minimum atomic E-state index is -0.245. The van der Waals surface area contributed by atoms with Gasteiger partial charge in [-0.1, -0.05) is 19.3 Å². The van der Waals surface area contributed by atoms with Gasteiger partial charge in [0.25, 0.3) is 0 Å². The Morgan fingerprint density at radius 1 is 1.00 bits per heavy atom. The molecule has 0 unspecified atom stereocenters. The molecule has 4 N–H and O–H groups in total. The molecular formula is C17H29N3O3S. The molecule has 136 valence electrons. The molecule has 2 heterocycles. The first-order chi connectivity index (χ1) is 11.6. The summed E-state index contributed by atoms with van der Waals surface area (Å²) in [6, 6.07) is 0.503. The molecule has 0 aliphatic carbocycles. The molecule has 24 heavy (non-hydrogen) atoms. The number of rotatable bonds is 12. The number of carbonyl (C=O) groups is 3. The van der Waals surface area contributed by atoms with E-state index in [4.69, 9.17) is 5.73 Å². The Bertz CT molecular complexity index is 458. The number of unbranched alkanes of at least 4 members (excludes halogenated alkanes) is 4. The average Bonchev–Trinajstić information content (AvgIpc) is 3.06. The van der Waals surface area contributed by atoms with Gasteiger partial charge in [0.15, 0.2) is 0 Å². The van der Waals surface area contributed by atoms with Crippen LogP contribution in [0.2, 0.25) is 0 Å². The van der Waals surface area contributed by atoms with Crippen LogP contribution in [-0.2, 0) is 9.59 Å². The van der Waals surface area contributed by atoms with Gasteiger partial charge in [-0.3, -0.25) is 9.59 Å². The highest BCUT2D eigenvalue weighted by Gasteiger charge is 2.42. The summed E-state index contributed by atoms with van der Waals surface area (Å²) in [5, 5.41) is 6.43. The molecule has 0 aromatic heterocycles. The van der Waals surface area contributed by atoms with E-state index in [1.165, 1.54) is 0 Å². The van der Waals surface area contributed by atoms with Gasteiger partial charge < -0.3 is 16.4 Å². The number of primary amides is 1. The van der Waals surface area contributed by atoms with E-state index >= 15 is 0 Å². The average molecular weight is 356 g/mol. The van der Waals surface area contributed by atoms with Crippen molar-refractivity contribution in [1.82, 2.24) is 10.6 Å². The third kappa shape index (κ3) is 6.34. The van der Waals surface area contributed by atoms with Crippen molar-refractivity contribution in [3.63, 3.8) is 0 Å². The van der Waals surface area contributed by atoms with Gasteiger partial charge in [0.2, 0.25) is 5.91 Å². The summed E-state index contributed by atoms with van der Waals surface area (Å²) in [6.07, 6.45) is 8.52. The topological polar surface area (TPSA) is 101 Å². The van der Waals surface area contributed by atoms with Crippen LogP contribution in [0.25, 0.3) is 0 Å². The number of nitrogens with one attached hydrogen (secondary N) is 2. The normalized spacial score (nSPS) is 25.2. The Hall–Kier alpha value is -1.24. The zero-order chi connectivity index (χ0) is 17.4. The zero-order valence-electron chi connectivity index (χ0n) is 14.2. The highest BCUT2D eigenvalue weighted by atomic mass is 32.2. The Labute approximate surface area is 148 Å². The second-order valence-electron chi connectivity index (χ2n) is 6.79. The summed E-state index contributed by atoms with van der Waals surface area (Å²) < 4.78 is 0. The standard InChI is InChI=1S/C17H29N3O3S/c18-15(22)10-4-2-1-3-7-12(21)8-5-6-9-14-16-13(11-24-14)19-17(23)20-16/h13-14,16H,1-11H2,(H2,18,22)(H2,19,20,23)/t13-,14+,16-/m1/s1. The molecular weight excluding hydrogens is 326 g/mol. The number of fused-ring (bicyclic) bond motifs is 1. The van der Waals surface area contributed by atoms with Gasteiger partial charge in [0.05, 0.1) is 12.1 Å². The molecule has 0 radical (unpaired) electrons. The van der Waals surface area contributed by atoms with Crippen LogP contribution >= 0.6 is 11.8 Å². The minimum absolute atomic E-state index is 0.0405. The maximum absolute atomic E-state index is 11.9. The largest absolute Gasteiger partial charge is 0.370 e. The van der Waals surface area contributed by atoms with E-state index in [1.807, 2.05) is 11.8 Å². The number of urea groups is 1. The van der Waals surface area contributed by atoms with E-state index in [-0.39, 0.29) is 24.0 Å². The van der Waals surface area contributed by atoms with Crippen molar-refractivity contribution in [1.29, 1.82) is 0 Å². The Kier molecular flexibility index (Phi) is 7.88. The van der Waals surface area contributed by atoms with Gasteiger partial charge in [-0.15, -0.1) is 0 Å². The van der Waals surface area contributed by atoms with Crippen molar-refractivity contribution < 1.29 is 14.4 Å². The molecule has 2 aliphatic rings. The number of ketones is 1. The minimum Gasteiger partial charge on any atom is -0.370 e. The van der Waals surface area contributed by atoms with E-state index in [0.29, 0.717) is 30.3 Å². The Morgan fingerprint density at radius 2 is 1.67 bits per heavy atom. The number of carbonyl (C=O) groups excluding carboxylic acids is 3. The Balaban J connectivity index is 1.45. The summed E-state index contributed by atoms with van der Waals surface area (Å²) in [4.78, 5) is 33.8. The quantitative estimate of drug-likeness (QED) is 0.368. The van der Waals surface area contributed by atoms with E-state index < -0.39 is 0 Å². The molecule has 3 amide bonds. The van der Waals surface area contributed by atoms with Gasteiger partial charge in [-0.25, -0.2) is 4.79 Å². The van der Waals surface area contributed by atoms with Crippen LogP contribution in [0, 0.1) is 0 Å². The number of Topliss-reactive ketones (excluding diaryl/α,β-unsaturated/α-hetero) is 1. The molecule has 0 aromatic rings. The molecule has 6 nitrogen and oxygen atoms in total. The zero-order valence-corrected chi connectivity index (χ0v) is 15.0. The monoisotopic (exact) mass is 355 g/mol. The third-order valence-corrected chi connectivity index (χ3v) is 6.27.